The van der Waals surface area contributed by atoms with Crippen LogP contribution in [0.15, 0.2) is 59.7 Å². The number of aromatic nitrogens is 3. The molecule has 0 radical (unpaired) electrons. The molecule has 0 aliphatic heterocycles. The molecule has 2 aromatic heterocycles. The van der Waals surface area contributed by atoms with Crippen molar-refractivity contribution in [1.82, 2.24) is 14.5 Å². The van der Waals surface area contributed by atoms with Crippen LogP contribution < -0.4 is 25.0 Å². The summed E-state index contributed by atoms with van der Waals surface area (Å²) in [4.78, 5) is 34.9. The lowest BCUT2D eigenvalue weighted by Gasteiger charge is -2.15. The molecule has 9 nitrogen and oxygen atoms in total. The summed E-state index contributed by atoms with van der Waals surface area (Å²) >= 11 is 0. The molecule has 1 amide bonds. The number of nitrogens with zero attached hydrogens (tertiary/aromatic N) is 3. The zero-order valence-electron chi connectivity index (χ0n) is 22.7. The first-order valence-corrected chi connectivity index (χ1v) is 12.5. The third-order valence-electron chi connectivity index (χ3n) is 6.89. The number of carbonyl (C=O) groups is 1. The first kappa shape index (κ1) is 26.6. The molecule has 2 heterocycles. The number of pyridine rings is 1. The molecule has 5 rings (SSSR count). The second-order valence-corrected chi connectivity index (χ2v) is 9.16. The van der Waals surface area contributed by atoms with E-state index < -0.39 is 11.7 Å². The van der Waals surface area contributed by atoms with E-state index in [9.17, 15) is 9.59 Å². The highest BCUT2D eigenvalue weighted by Gasteiger charge is 2.20. The molecule has 3 aromatic carbocycles. The van der Waals surface area contributed by atoms with E-state index in [4.69, 9.17) is 14.2 Å². The summed E-state index contributed by atoms with van der Waals surface area (Å²) in [7, 11) is 4.81. The molecule has 10 heteroatoms. The number of ether oxygens (including phenoxy) is 3. The summed E-state index contributed by atoms with van der Waals surface area (Å²) in [6.45, 7) is 3.70. The topological polar surface area (TPSA) is 105 Å². The van der Waals surface area contributed by atoms with E-state index in [1.807, 2.05) is 25.1 Å². The van der Waals surface area contributed by atoms with E-state index in [1.54, 1.807) is 30.7 Å². The van der Waals surface area contributed by atoms with Gasteiger partial charge in [0.1, 0.15) is 11.9 Å². The van der Waals surface area contributed by atoms with Crippen LogP contribution in [0.5, 0.6) is 23.1 Å². The van der Waals surface area contributed by atoms with Crippen LogP contribution in [0, 0.1) is 12.7 Å². The summed E-state index contributed by atoms with van der Waals surface area (Å²) in [5.74, 6) is -0.443. The van der Waals surface area contributed by atoms with Crippen LogP contribution in [-0.2, 0) is 13.5 Å². The third-order valence-corrected chi connectivity index (χ3v) is 6.89. The van der Waals surface area contributed by atoms with Crippen molar-refractivity contribution in [2.24, 2.45) is 7.05 Å². The van der Waals surface area contributed by atoms with Crippen molar-refractivity contribution in [2.45, 2.75) is 20.3 Å². The molecule has 40 heavy (non-hydrogen) atoms. The van der Waals surface area contributed by atoms with E-state index in [2.05, 4.69) is 15.3 Å². The molecular formula is C30H27FN4O5. The first-order valence-electron chi connectivity index (χ1n) is 12.5. The van der Waals surface area contributed by atoms with E-state index in [1.165, 1.54) is 32.7 Å². The fourth-order valence-corrected chi connectivity index (χ4v) is 4.59. The predicted octanol–water partition coefficient (Wildman–Crippen LogP) is 5.55. The number of methoxy groups -OCH3 is 2. The molecule has 0 bridgehead atoms. The van der Waals surface area contributed by atoms with Crippen molar-refractivity contribution in [3.05, 3.63) is 87.7 Å². The van der Waals surface area contributed by atoms with Gasteiger partial charge in [0.05, 0.1) is 30.6 Å². The van der Waals surface area contributed by atoms with Crippen LogP contribution in [-0.4, -0.2) is 34.7 Å². The van der Waals surface area contributed by atoms with E-state index >= 15 is 4.39 Å². The van der Waals surface area contributed by atoms with Crippen molar-refractivity contribution < 1.29 is 23.4 Å². The average Bonchev–Trinajstić information content (AvgIpc) is 2.96. The Bertz CT molecular complexity index is 1850. The lowest BCUT2D eigenvalue weighted by atomic mass is 10.0. The number of hydrogen-bond acceptors (Lipinski definition) is 7. The summed E-state index contributed by atoms with van der Waals surface area (Å²) < 4.78 is 33.4. The van der Waals surface area contributed by atoms with E-state index in [0.717, 1.165) is 23.6 Å². The molecule has 204 valence electrons. The van der Waals surface area contributed by atoms with Gasteiger partial charge in [0, 0.05) is 35.9 Å². The molecule has 0 saturated carbocycles. The number of carbonyl (C=O) groups excluding carboxylic acids is 1. The monoisotopic (exact) mass is 542 g/mol. The van der Waals surface area contributed by atoms with Gasteiger partial charge in [0.2, 0.25) is 11.3 Å². The normalized spacial score (nSPS) is 11.1. The number of fused-ring (bicyclic) bond motifs is 2. The lowest BCUT2D eigenvalue weighted by Crippen LogP contribution is -2.26. The number of nitrogens with one attached hydrogen (secondary N) is 1. The minimum atomic E-state index is -0.735. The standard InChI is InChI=1S/C30H27FN4O5/c1-6-17-7-9-23-20(11-17)28(36)27(16(2)35(23)3)29(37)34-18-8-10-24(21(31)12-18)40-30-19-13-25(38-4)26(39-5)14-22(19)32-15-33-30/h7-15H,6H2,1-5H3,(H,34,37). The second kappa shape index (κ2) is 10.6. The predicted molar refractivity (Wildman–Crippen MR) is 150 cm³/mol. The van der Waals surface area contributed by atoms with Gasteiger partial charge in [-0.05, 0) is 49.2 Å². The largest absolute Gasteiger partial charge is 0.493 e. The molecule has 5 aromatic rings. The Labute approximate surface area is 229 Å². The Morgan fingerprint density at radius 3 is 2.42 bits per heavy atom. The summed E-state index contributed by atoms with van der Waals surface area (Å²) in [5, 5.41) is 3.59. The Kier molecular flexibility index (Phi) is 7.08. The maximum Gasteiger partial charge on any atom is 0.261 e. The SMILES string of the molecule is CCc1ccc2c(c1)c(=O)c(C(=O)Nc1ccc(Oc3ncnc4cc(OC)c(OC)cc34)c(F)c1)c(C)n2C. The van der Waals surface area contributed by atoms with Crippen molar-refractivity contribution in [3.8, 4) is 23.1 Å². The van der Waals surface area contributed by atoms with Gasteiger partial charge in [-0.15, -0.1) is 0 Å². The first-order chi connectivity index (χ1) is 19.2. The van der Waals surface area contributed by atoms with Crippen LogP contribution >= 0.6 is 0 Å². The van der Waals surface area contributed by atoms with Crippen LogP contribution in [0.3, 0.4) is 0 Å². The third kappa shape index (κ3) is 4.68. The molecular weight excluding hydrogens is 515 g/mol. The highest BCUT2D eigenvalue weighted by atomic mass is 19.1. The highest BCUT2D eigenvalue weighted by Crippen LogP contribution is 2.36. The van der Waals surface area contributed by atoms with E-state index in [-0.39, 0.29) is 28.3 Å². The summed E-state index contributed by atoms with van der Waals surface area (Å²) in [6.07, 6.45) is 2.06. The number of halogens is 1. The number of amides is 1. The Morgan fingerprint density at radius 2 is 1.73 bits per heavy atom. The highest BCUT2D eigenvalue weighted by molar-refractivity contribution is 6.06. The number of benzene rings is 3. The van der Waals surface area contributed by atoms with Gasteiger partial charge in [-0.25, -0.2) is 14.4 Å². The van der Waals surface area contributed by atoms with Gasteiger partial charge in [0.25, 0.3) is 5.91 Å². The van der Waals surface area contributed by atoms with Gasteiger partial charge in [-0.1, -0.05) is 13.0 Å². The average molecular weight is 543 g/mol. The van der Waals surface area contributed by atoms with Gasteiger partial charge in [-0.3, -0.25) is 9.59 Å². The van der Waals surface area contributed by atoms with Gasteiger partial charge in [-0.2, -0.15) is 0 Å². The number of anilines is 1. The van der Waals surface area contributed by atoms with Gasteiger partial charge >= 0.3 is 0 Å². The van der Waals surface area contributed by atoms with Gasteiger partial charge in [0.15, 0.2) is 23.1 Å². The maximum absolute atomic E-state index is 15.1. The van der Waals surface area contributed by atoms with Crippen LogP contribution in [0.25, 0.3) is 21.8 Å². The summed E-state index contributed by atoms with van der Waals surface area (Å²) in [6, 6.07) is 12.9. The molecule has 0 saturated heterocycles. The van der Waals surface area contributed by atoms with Crippen molar-refractivity contribution in [1.29, 1.82) is 0 Å². The molecule has 0 atom stereocenters. The molecule has 0 unspecified atom stereocenters. The van der Waals surface area contributed by atoms with Crippen molar-refractivity contribution in [2.75, 3.05) is 19.5 Å². The molecule has 0 fully saturated rings. The fourth-order valence-electron chi connectivity index (χ4n) is 4.59. The second-order valence-electron chi connectivity index (χ2n) is 9.16. The molecule has 1 N–H and O–H groups in total. The van der Waals surface area contributed by atoms with Gasteiger partial charge < -0.3 is 24.1 Å². The molecule has 0 spiro atoms. The van der Waals surface area contributed by atoms with Crippen molar-refractivity contribution in [3.63, 3.8) is 0 Å². The summed E-state index contributed by atoms with van der Waals surface area (Å²) in [5.41, 5.74) is 2.54. The number of aryl methyl sites for hydroxylation is 2. The zero-order chi connectivity index (χ0) is 28.6. The molecule has 0 aliphatic rings. The zero-order valence-corrected chi connectivity index (χ0v) is 22.7. The van der Waals surface area contributed by atoms with E-state index in [0.29, 0.717) is 33.5 Å². The Morgan fingerprint density at radius 1 is 0.975 bits per heavy atom. The Balaban J connectivity index is 1.44. The minimum absolute atomic E-state index is 0.000758. The smallest absolute Gasteiger partial charge is 0.261 e. The lowest BCUT2D eigenvalue weighted by molar-refractivity contribution is 0.102. The molecule has 0 aliphatic carbocycles. The number of rotatable bonds is 7. The van der Waals surface area contributed by atoms with Crippen LogP contribution in [0.4, 0.5) is 10.1 Å². The quantitative estimate of drug-likeness (QED) is 0.287. The Hall–Kier alpha value is -4.99. The van der Waals surface area contributed by atoms with Crippen LogP contribution in [0.1, 0.15) is 28.5 Å². The number of hydrogen-bond donors (Lipinski definition) is 1. The minimum Gasteiger partial charge on any atom is -0.493 e. The van der Waals surface area contributed by atoms with Crippen molar-refractivity contribution >= 4 is 33.4 Å². The van der Waals surface area contributed by atoms with Crippen LogP contribution in [0.2, 0.25) is 0 Å². The fraction of sp³-hybridized carbons (Fsp3) is 0.200. The maximum atomic E-state index is 15.1.